The van der Waals surface area contributed by atoms with Gasteiger partial charge in [0.25, 0.3) is 0 Å². The zero-order chi connectivity index (χ0) is 16.1. The molecule has 0 unspecified atom stereocenters. The van der Waals surface area contributed by atoms with E-state index >= 15 is 0 Å². The Morgan fingerprint density at radius 1 is 0.957 bits per heavy atom. The molecule has 0 saturated carbocycles. The molecule has 2 N–H and O–H groups in total. The SMILES string of the molecule is O=C(CN1CCN(c2ccc(O)cc2)CC1)Nc1ccccc1. The number of para-hydroxylation sites is 1. The first kappa shape index (κ1) is 15.4. The minimum Gasteiger partial charge on any atom is -0.508 e. The van der Waals surface area contributed by atoms with Crippen LogP contribution in [0.3, 0.4) is 0 Å². The molecule has 0 atom stereocenters. The Morgan fingerprint density at radius 3 is 2.26 bits per heavy atom. The number of nitrogens with zero attached hydrogens (tertiary/aromatic N) is 2. The molecule has 0 aromatic heterocycles. The topological polar surface area (TPSA) is 55.8 Å². The van der Waals surface area contributed by atoms with E-state index < -0.39 is 0 Å². The molecular weight excluding hydrogens is 290 g/mol. The van der Waals surface area contributed by atoms with Gasteiger partial charge in [0.05, 0.1) is 6.54 Å². The van der Waals surface area contributed by atoms with Gasteiger partial charge in [-0.3, -0.25) is 9.69 Å². The standard InChI is InChI=1S/C18H21N3O2/c22-17-8-6-16(7-9-17)21-12-10-20(11-13-21)14-18(23)19-15-4-2-1-3-5-15/h1-9,22H,10-14H2,(H,19,23). The van der Waals surface area contributed by atoms with Gasteiger partial charge >= 0.3 is 0 Å². The van der Waals surface area contributed by atoms with Gasteiger partial charge in [0.2, 0.25) is 5.91 Å². The van der Waals surface area contributed by atoms with Gasteiger partial charge in [0.15, 0.2) is 0 Å². The van der Waals surface area contributed by atoms with Crippen LogP contribution in [0, 0.1) is 0 Å². The molecule has 1 heterocycles. The van der Waals surface area contributed by atoms with Gasteiger partial charge in [-0.25, -0.2) is 0 Å². The van der Waals surface area contributed by atoms with E-state index in [0.29, 0.717) is 6.54 Å². The summed E-state index contributed by atoms with van der Waals surface area (Å²) in [6, 6.07) is 16.8. The van der Waals surface area contributed by atoms with Crippen molar-refractivity contribution in [3.63, 3.8) is 0 Å². The first-order valence-corrected chi connectivity index (χ1v) is 7.82. The molecule has 3 rings (SSSR count). The van der Waals surface area contributed by atoms with E-state index in [1.54, 1.807) is 12.1 Å². The number of phenols is 1. The molecule has 2 aromatic rings. The van der Waals surface area contributed by atoms with E-state index in [2.05, 4.69) is 15.1 Å². The first-order valence-electron chi connectivity index (χ1n) is 7.82. The van der Waals surface area contributed by atoms with Gasteiger partial charge < -0.3 is 15.3 Å². The van der Waals surface area contributed by atoms with Crippen molar-refractivity contribution < 1.29 is 9.90 Å². The number of hydrogen-bond donors (Lipinski definition) is 2. The van der Waals surface area contributed by atoms with Gasteiger partial charge in [0.1, 0.15) is 5.75 Å². The van der Waals surface area contributed by atoms with Crippen molar-refractivity contribution in [3.8, 4) is 5.75 Å². The lowest BCUT2D eigenvalue weighted by molar-refractivity contribution is -0.117. The molecule has 1 amide bonds. The van der Waals surface area contributed by atoms with E-state index in [4.69, 9.17) is 0 Å². The monoisotopic (exact) mass is 311 g/mol. The zero-order valence-electron chi connectivity index (χ0n) is 13.0. The second-order valence-corrected chi connectivity index (χ2v) is 5.69. The summed E-state index contributed by atoms with van der Waals surface area (Å²) in [5.74, 6) is 0.305. The van der Waals surface area contributed by atoms with Crippen LogP contribution in [-0.2, 0) is 4.79 Å². The highest BCUT2D eigenvalue weighted by molar-refractivity contribution is 5.92. The molecule has 1 saturated heterocycles. The van der Waals surface area contributed by atoms with E-state index in [1.165, 1.54) is 0 Å². The summed E-state index contributed by atoms with van der Waals surface area (Å²) < 4.78 is 0. The predicted octanol–water partition coefficient (Wildman–Crippen LogP) is 2.15. The molecule has 23 heavy (non-hydrogen) atoms. The number of piperazine rings is 1. The lowest BCUT2D eigenvalue weighted by Gasteiger charge is -2.35. The molecule has 1 aliphatic heterocycles. The van der Waals surface area contributed by atoms with Crippen molar-refractivity contribution in [1.82, 2.24) is 4.90 Å². The van der Waals surface area contributed by atoms with Gasteiger partial charge in [-0.15, -0.1) is 0 Å². The Hall–Kier alpha value is -2.53. The maximum absolute atomic E-state index is 12.1. The number of benzene rings is 2. The molecule has 5 nitrogen and oxygen atoms in total. The number of amides is 1. The number of carbonyl (C=O) groups is 1. The summed E-state index contributed by atoms with van der Waals surface area (Å²) in [7, 11) is 0. The average molecular weight is 311 g/mol. The summed E-state index contributed by atoms with van der Waals surface area (Å²) in [4.78, 5) is 16.5. The Bertz CT molecular complexity index is 635. The van der Waals surface area contributed by atoms with Gasteiger partial charge in [-0.05, 0) is 36.4 Å². The third-order valence-electron chi connectivity index (χ3n) is 4.01. The maximum atomic E-state index is 12.1. The number of anilines is 2. The highest BCUT2D eigenvalue weighted by Gasteiger charge is 2.19. The molecule has 120 valence electrons. The zero-order valence-corrected chi connectivity index (χ0v) is 13.0. The highest BCUT2D eigenvalue weighted by Crippen LogP contribution is 2.19. The fourth-order valence-corrected chi connectivity index (χ4v) is 2.75. The number of rotatable bonds is 4. The van der Waals surface area contributed by atoms with Crippen molar-refractivity contribution in [3.05, 3.63) is 54.6 Å². The van der Waals surface area contributed by atoms with Crippen LogP contribution in [0.5, 0.6) is 5.75 Å². The fraction of sp³-hybridized carbons (Fsp3) is 0.278. The Kier molecular flexibility index (Phi) is 4.78. The molecule has 0 aliphatic carbocycles. The van der Waals surface area contributed by atoms with E-state index in [1.807, 2.05) is 42.5 Å². The summed E-state index contributed by atoms with van der Waals surface area (Å²) >= 11 is 0. The van der Waals surface area contributed by atoms with Gasteiger partial charge in [-0.1, -0.05) is 18.2 Å². The lowest BCUT2D eigenvalue weighted by atomic mass is 10.2. The summed E-state index contributed by atoms with van der Waals surface area (Å²) in [5, 5.41) is 12.3. The lowest BCUT2D eigenvalue weighted by Crippen LogP contribution is -2.48. The summed E-state index contributed by atoms with van der Waals surface area (Å²) in [6.45, 7) is 3.87. The Morgan fingerprint density at radius 2 is 1.61 bits per heavy atom. The fourth-order valence-electron chi connectivity index (χ4n) is 2.75. The number of carbonyl (C=O) groups excluding carboxylic acids is 1. The molecule has 2 aromatic carbocycles. The van der Waals surface area contributed by atoms with Crippen molar-refractivity contribution in [1.29, 1.82) is 0 Å². The van der Waals surface area contributed by atoms with Crippen LogP contribution >= 0.6 is 0 Å². The average Bonchev–Trinajstić information content (AvgIpc) is 2.57. The van der Waals surface area contributed by atoms with E-state index in [9.17, 15) is 9.90 Å². The van der Waals surface area contributed by atoms with Crippen LogP contribution in [-0.4, -0.2) is 48.6 Å². The van der Waals surface area contributed by atoms with Gasteiger partial charge in [0, 0.05) is 37.6 Å². The number of phenolic OH excluding ortho intramolecular Hbond substituents is 1. The predicted molar refractivity (Wildman–Crippen MR) is 91.8 cm³/mol. The Labute approximate surface area is 136 Å². The molecule has 1 aliphatic rings. The second kappa shape index (κ2) is 7.15. The van der Waals surface area contributed by atoms with Crippen LogP contribution in [0.4, 0.5) is 11.4 Å². The second-order valence-electron chi connectivity index (χ2n) is 5.69. The number of hydrogen-bond acceptors (Lipinski definition) is 4. The smallest absolute Gasteiger partial charge is 0.238 e. The van der Waals surface area contributed by atoms with Gasteiger partial charge in [-0.2, -0.15) is 0 Å². The van der Waals surface area contributed by atoms with Crippen molar-refractivity contribution in [2.45, 2.75) is 0 Å². The van der Waals surface area contributed by atoms with Crippen LogP contribution < -0.4 is 10.2 Å². The van der Waals surface area contributed by atoms with Crippen LogP contribution in [0.1, 0.15) is 0 Å². The third-order valence-corrected chi connectivity index (χ3v) is 4.01. The largest absolute Gasteiger partial charge is 0.508 e. The van der Waals surface area contributed by atoms with E-state index in [-0.39, 0.29) is 11.7 Å². The number of aromatic hydroxyl groups is 1. The molecule has 5 heteroatoms. The van der Waals surface area contributed by atoms with Crippen LogP contribution in [0.15, 0.2) is 54.6 Å². The minimum absolute atomic E-state index is 0.0225. The normalized spacial score (nSPS) is 15.4. The molecule has 1 fully saturated rings. The summed E-state index contributed by atoms with van der Waals surface area (Å²) in [6.07, 6.45) is 0. The molecule has 0 bridgehead atoms. The van der Waals surface area contributed by atoms with Crippen molar-refractivity contribution >= 4 is 17.3 Å². The molecule has 0 spiro atoms. The number of nitrogens with one attached hydrogen (secondary N) is 1. The van der Waals surface area contributed by atoms with Crippen molar-refractivity contribution in [2.75, 3.05) is 42.9 Å². The highest BCUT2D eigenvalue weighted by atomic mass is 16.3. The summed E-state index contributed by atoms with van der Waals surface area (Å²) in [5.41, 5.74) is 1.94. The minimum atomic E-state index is 0.0225. The molecule has 0 radical (unpaired) electrons. The quantitative estimate of drug-likeness (QED) is 0.908. The molecular formula is C18H21N3O2. The van der Waals surface area contributed by atoms with Crippen molar-refractivity contribution in [2.24, 2.45) is 0 Å². The maximum Gasteiger partial charge on any atom is 0.238 e. The first-order chi connectivity index (χ1) is 11.2. The third kappa shape index (κ3) is 4.23. The van der Waals surface area contributed by atoms with Crippen LogP contribution in [0.25, 0.3) is 0 Å². The van der Waals surface area contributed by atoms with E-state index in [0.717, 1.165) is 37.6 Å². The van der Waals surface area contributed by atoms with Crippen LogP contribution in [0.2, 0.25) is 0 Å². The Balaban J connectivity index is 1.47.